The van der Waals surface area contributed by atoms with E-state index in [-0.39, 0.29) is 0 Å². The number of hydrogen-bond donors (Lipinski definition) is 1. The molecule has 1 N–H and O–H groups in total. The van der Waals surface area contributed by atoms with Crippen LogP contribution in [0, 0.1) is 0 Å². The number of nitrogens with one attached hydrogen (secondary N) is 1. The molecular formula is C19H22N2O. The van der Waals surface area contributed by atoms with Crippen molar-refractivity contribution in [2.24, 2.45) is 0 Å². The SMILES string of the molecule is COc1ccccc1[C@H]1CN2CCNC[C@H]2c2ccccc21. The van der Waals surface area contributed by atoms with Crippen molar-refractivity contribution in [2.45, 2.75) is 12.0 Å². The van der Waals surface area contributed by atoms with Gasteiger partial charge in [0.2, 0.25) is 0 Å². The van der Waals surface area contributed by atoms with E-state index in [1.54, 1.807) is 7.11 Å². The van der Waals surface area contributed by atoms with Crippen molar-refractivity contribution in [1.82, 2.24) is 10.2 Å². The van der Waals surface area contributed by atoms with Gasteiger partial charge in [0, 0.05) is 43.7 Å². The molecule has 0 spiro atoms. The first-order chi connectivity index (χ1) is 10.9. The molecule has 1 saturated heterocycles. The van der Waals surface area contributed by atoms with Crippen LogP contribution in [0.25, 0.3) is 0 Å². The summed E-state index contributed by atoms with van der Waals surface area (Å²) >= 11 is 0. The Labute approximate surface area is 131 Å². The van der Waals surface area contributed by atoms with Crippen molar-refractivity contribution in [3.8, 4) is 5.75 Å². The van der Waals surface area contributed by atoms with Gasteiger partial charge in [0.1, 0.15) is 5.75 Å². The molecule has 1 fully saturated rings. The van der Waals surface area contributed by atoms with E-state index in [4.69, 9.17) is 4.74 Å². The van der Waals surface area contributed by atoms with Gasteiger partial charge in [-0.2, -0.15) is 0 Å². The second-order valence-corrected chi connectivity index (χ2v) is 6.14. The van der Waals surface area contributed by atoms with E-state index in [0.29, 0.717) is 12.0 Å². The lowest BCUT2D eigenvalue weighted by molar-refractivity contribution is 0.142. The molecule has 3 heteroatoms. The van der Waals surface area contributed by atoms with Crippen LogP contribution in [-0.4, -0.2) is 38.2 Å². The molecule has 2 aliphatic rings. The maximum absolute atomic E-state index is 5.62. The van der Waals surface area contributed by atoms with Gasteiger partial charge in [-0.1, -0.05) is 42.5 Å². The summed E-state index contributed by atoms with van der Waals surface area (Å²) in [4.78, 5) is 2.62. The number of fused-ring (bicyclic) bond motifs is 3. The maximum Gasteiger partial charge on any atom is 0.122 e. The quantitative estimate of drug-likeness (QED) is 0.922. The lowest BCUT2D eigenvalue weighted by atomic mass is 9.80. The summed E-state index contributed by atoms with van der Waals surface area (Å²) in [6.45, 7) is 4.32. The van der Waals surface area contributed by atoms with E-state index in [1.165, 1.54) is 16.7 Å². The topological polar surface area (TPSA) is 24.5 Å². The second-order valence-electron chi connectivity index (χ2n) is 6.14. The molecule has 0 aliphatic carbocycles. The van der Waals surface area contributed by atoms with E-state index < -0.39 is 0 Å². The zero-order valence-electron chi connectivity index (χ0n) is 13.0. The molecule has 3 nitrogen and oxygen atoms in total. The lowest BCUT2D eigenvalue weighted by Crippen LogP contribution is -2.50. The predicted octanol–water partition coefficient (Wildman–Crippen LogP) is 2.79. The molecule has 0 unspecified atom stereocenters. The minimum Gasteiger partial charge on any atom is -0.496 e. The van der Waals surface area contributed by atoms with E-state index in [1.807, 2.05) is 6.07 Å². The molecule has 2 aromatic rings. The van der Waals surface area contributed by atoms with Gasteiger partial charge >= 0.3 is 0 Å². The largest absolute Gasteiger partial charge is 0.496 e. The van der Waals surface area contributed by atoms with Crippen molar-refractivity contribution in [3.05, 3.63) is 65.2 Å². The Morgan fingerprint density at radius 3 is 2.55 bits per heavy atom. The van der Waals surface area contributed by atoms with Crippen LogP contribution < -0.4 is 10.1 Å². The standard InChI is InChI=1S/C19H22N2O/c1-22-19-9-5-4-8-16(19)17-13-21-11-10-20-12-18(21)15-7-3-2-6-14(15)17/h2-9,17-18,20H,10-13H2,1H3/t17-,18-/m0/s1. The third-order valence-corrected chi connectivity index (χ3v) is 5.02. The van der Waals surface area contributed by atoms with Crippen LogP contribution in [0.4, 0.5) is 0 Å². The van der Waals surface area contributed by atoms with Crippen LogP contribution in [0.1, 0.15) is 28.7 Å². The van der Waals surface area contributed by atoms with E-state index in [9.17, 15) is 0 Å². The summed E-state index contributed by atoms with van der Waals surface area (Å²) in [5, 5.41) is 3.54. The molecule has 114 valence electrons. The summed E-state index contributed by atoms with van der Waals surface area (Å²) in [6, 6.07) is 17.9. The summed E-state index contributed by atoms with van der Waals surface area (Å²) in [5.41, 5.74) is 4.23. The van der Waals surface area contributed by atoms with E-state index >= 15 is 0 Å². The normalized spacial score (nSPS) is 24.4. The van der Waals surface area contributed by atoms with Gasteiger partial charge in [-0.05, 0) is 17.2 Å². The van der Waals surface area contributed by atoms with Gasteiger partial charge < -0.3 is 10.1 Å². The number of methoxy groups -OCH3 is 1. The number of benzene rings is 2. The van der Waals surface area contributed by atoms with E-state index in [0.717, 1.165) is 31.9 Å². The molecule has 2 aliphatic heterocycles. The Balaban J connectivity index is 1.82. The molecule has 4 rings (SSSR count). The minimum absolute atomic E-state index is 0.390. The molecule has 0 radical (unpaired) electrons. The Hall–Kier alpha value is -1.84. The van der Waals surface area contributed by atoms with E-state index in [2.05, 4.69) is 52.7 Å². The Kier molecular flexibility index (Phi) is 3.60. The highest BCUT2D eigenvalue weighted by atomic mass is 16.5. The van der Waals surface area contributed by atoms with Crippen LogP contribution >= 0.6 is 0 Å². The average molecular weight is 294 g/mol. The van der Waals surface area contributed by atoms with Gasteiger partial charge in [-0.15, -0.1) is 0 Å². The first kappa shape index (κ1) is 13.8. The van der Waals surface area contributed by atoms with Crippen molar-refractivity contribution < 1.29 is 4.74 Å². The fourth-order valence-corrected chi connectivity index (χ4v) is 3.96. The molecule has 2 heterocycles. The van der Waals surface area contributed by atoms with Crippen molar-refractivity contribution in [3.63, 3.8) is 0 Å². The zero-order valence-corrected chi connectivity index (χ0v) is 13.0. The Morgan fingerprint density at radius 2 is 1.73 bits per heavy atom. The fourth-order valence-electron chi connectivity index (χ4n) is 3.96. The van der Waals surface area contributed by atoms with Crippen LogP contribution in [-0.2, 0) is 0 Å². The molecular weight excluding hydrogens is 272 g/mol. The number of rotatable bonds is 2. The molecule has 0 saturated carbocycles. The minimum atomic E-state index is 0.390. The fraction of sp³-hybridized carbons (Fsp3) is 0.368. The Morgan fingerprint density at radius 1 is 1.00 bits per heavy atom. The summed E-state index contributed by atoms with van der Waals surface area (Å²) in [6.07, 6.45) is 0. The third-order valence-electron chi connectivity index (χ3n) is 5.02. The first-order valence-corrected chi connectivity index (χ1v) is 8.05. The van der Waals surface area contributed by atoms with Gasteiger partial charge in [-0.25, -0.2) is 0 Å². The smallest absolute Gasteiger partial charge is 0.122 e. The van der Waals surface area contributed by atoms with Gasteiger partial charge in [-0.3, -0.25) is 4.90 Å². The molecule has 0 amide bonds. The van der Waals surface area contributed by atoms with Gasteiger partial charge in [0.05, 0.1) is 7.11 Å². The van der Waals surface area contributed by atoms with Crippen molar-refractivity contribution >= 4 is 0 Å². The molecule has 0 bridgehead atoms. The molecule has 2 atom stereocenters. The summed E-state index contributed by atoms with van der Waals surface area (Å²) in [7, 11) is 1.77. The maximum atomic E-state index is 5.62. The van der Waals surface area contributed by atoms with Gasteiger partial charge in [0.15, 0.2) is 0 Å². The van der Waals surface area contributed by atoms with Gasteiger partial charge in [0.25, 0.3) is 0 Å². The number of hydrogen-bond acceptors (Lipinski definition) is 3. The summed E-state index contributed by atoms with van der Waals surface area (Å²) < 4.78 is 5.62. The lowest BCUT2D eigenvalue weighted by Gasteiger charge is -2.44. The Bertz CT molecular complexity index is 670. The number of para-hydroxylation sites is 1. The number of nitrogens with zero attached hydrogens (tertiary/aromatic N) is 1. The second kappa shape index (κ2) is 5.75. The van der Waals surface area contributed by atoms with Crippen molar-refractivity contribution in [2.75, 3.05) is 33.3 Å². The van der Waals surface area contributed by atoms with Crippen LogP contribution in [0.3, 0.4) is 0 Å². The zero-order chi connectivity index (χ0) is 14.9. The van der Waals surface area contributed by atoms with Crippen LogP contribution in [0.5, 0.6) is 5.75 Å². The van der Waals surface area contributed by atoms with Crippen LogP contribution in [0.15, 0.2) is 48.5 Å². The number of piperazine rings is 1. The number of ether oxygens (including phenoxy) is 1. The highest BCUT2D eigenvalue weighted by molar-refractivity contribution is 5.47. The summed E-state index contributed by atoms with van der Waals surface area (Å²) in [5.74, 6) is 1.39. The monoisotopic (exact) mass is 294 g/mol. The van der Waals surface area contributed by atoms with Crippen LogP contribution in [0.2, 0.25) is 0 Å². The molecule has 22 heavy (non-hydrogen) atoms. The van der Waals surface area contributed by atoms with Crippen molar-refractivity contribution in [1.29, 1.82) is 0 Å². The molecule has 0 aromatic heterocycles. The highest BCUT2D eigenvalue weighted by Crippen LogP contribution is 2.42. The third kappa shape index (κ3) is 2.21. The predicted molar refractivity (Wildman–Crippen MR) is 88.5 cm³/mol. The highest BCUT2D eigenvalue weighted by Gasteiger charge is 2.35. The first-order valence-electron chi connectivity index (χ1n) is 8.05. The average Bonchev–Trinajstić information content (AvgIpc) is 2.61. The molecule has 2 aromatic carbocycles.